The molecular weight excluding hydrogens is 304 g/mol. The molecule has 3 N–H and O–H groups in total. The van der Waals surface area contributed by atoms with Crippen molar-refractivity contribution in [2.45, 2.75) is 57.6 Å². The number of nitrogens with zero attached hydrogens (tertiary/aromatic N) is 2. The third-order valence-corrected chi connectivity index (χ3v) is 6.03. The lowest BCUT2D eigenvalue weighted by atomic mass is 9.60. The molecule has 1 spiro atoms. The summed E-state index contributed by atoms with van der Waals surface area (Å²) in [4.78, 5) is 6.98. The van der Waals surface area contributed by atoms with Gasteiger partial charge >= 0.3 is 0 Å². The Bertz CT molecular complexity index is 417. The summed E-state index contributed by atoms with van der Waals surface area (Å²) < 4.78 is 11.3. The second-order valence-electron chi connectivity index (χ2n) is 7.39. The zero-order valence-electron chi connectivity index (χ0n) is 15.1. The molecule has 138 valence electrons. The van der Waals surface area contributed by atoms with Crippen LogP contribution in [0.2, 0.25) is 0 Å². The smallest absolute Gasteiger partial charge is 0.188 e. The SMILES string of the molecule is CCO[C@@H]1C[C@@H](NC(N)=NCCCN2CCOCC2)C12CCCC2. The van der Waals surface area contributed by atoms with Crippen LogP contribution in [0.5, 0.6) is 0 Å². The van der Waals surface area contributed by atoms with Crippen LogP contribution in [0, 0.1) is 5.41 Å². The summed E-state index contributed by atoms with van der Waals surface area (Å²) >= 11 is 0. The third-order valence-electron chi connectivity index (χ3n) is 6.03. The maximum absolute atomic E-state index is 6.14. The van der Waals surface area contributed by atoms with Gasteiger partial charge in [0.2, 0.25) is 0 Å². The highest BCUT2D eigenvalue weighted by atomic mass is 16.5. The zero-order valence-corrected chi connectivity index (χ0v) is 15.1. The van der Waals surface area contributed by atoms with Crippen LogP contribution in [-0.4, -0.2) is 69.0 Å². The highest BCUT2D eigenvalue weighted by Crippen LogP contribution is 2.54. The van der Waals surface area contributed by atoms with Crippen molar-refractivity contribution >= 4 is 5.96 Å². The van der Waals surface area contributed by atoms with Crippen LogP contribution in [0.15, 0.2) is 4.99 Å². The van der Waals surface area contributed by atoms with Crippen molar-refractivity contribution < 1.29 is 9.47 Å². The molecule has 0 aromatic carbocycles. The van der Waals surface area contributed by atoms with Gasteiger partial charge in [-0.05, 0) is 32.6 Å². The monoisotopic (exact) mass is 338 g/mol. The van der Waals surface area contributed by atoms with E-state index in [4.69, 9.17) is 15.2 Å². The molecular formula is C18H34N4O2. The minimum atomic E-state index is 0.309. The standard InChI is InChI=1S/C18H34N4O2/c1-2-24-16-14-15(18(16)6-3-4-7-18)21-17(19)20-8-5-9-22-10-12-23-13-11-22/h15-16H,2-14H2,1H3,(H3,19,20,21)/t15-,16-/m1/s1. The maximum atomic E-state index is 6.14. The Morgan fingerprint density at radius 1 is 1.33 bits per heavy atom. The summed E-state index contributed by atoms with van der Waals surface area (Å²) in [5, 5.41) is 3.49. The van der Waals surface area contributed by atoms with Gasteiger partial charge in [-0.25, -0.2) is 0 Å². The van der Waals surface area contributed by atoms with E-state index in [1.54, 1.807) is 0 Å². The number of hydrogen-bond acceptors (Lipinski definition) is 4. The van der Waals surface area contributed by atoms with E-state index in [9.17, 15) is 0 Å². The highest BCUT2D eigenvalue weighted by Gasteiger charge is 2.56. The van der Waals surface area contributed by atoms with Crippen molar-refractivity contribution in [1.82, 2.24) is 10.2 Å². The normalized spacial score (nSPS) is 30.5. The van der Waals surface area contributed by atoms with Crippen molar-refractivity contribution in [1.29, 1.82) is 0 Å². The fourth-order valence-corrected chi connectivity index (χ4v) is 4.63. The first kappa shape index (κ1) is 18.0. The molecule has 1 saturated heterocycles. The van der Waals surface area contributed by atoms with Crippen LogP contribution in [0.25, 0.3) is 0 Å². The molecule has 6 heteroatoms. The summed E-state index contributed by atoms with van der Waals surface area (Å²) in [5.41, 5.74) is 6.45. The highest BCUT2D eigenvalue weighted by molar-refractivity contribution is 5.78. The van der Waals surface area contributed by atoms with Crippen molar-refractivity contribution in [2.24, 2.45) is 16.1 Å². The average molecular weight is 338 g/mol. The molecule has 3 aliphatic rings. The van der Waals surface area contributed by atoms with Gasteiger partial charge < -0.3 is 20.5 Å². The predicted octanol–water partition coefficient (Wildman–Crippen LogP) is 1.35. The van der Waals surface area contributed by atoms with Crippen molar-refractivity contribution in [3.63, 3.8) is 0 Å². The first-order valence-corrected chi connectivity index (χ1v) is 9.73. The number of morpholine rings is 1. The van der Waals surface area contributed by atoms with E-state index in [-0.39, 0.29) is 0 Å². The van der Waals surface area contributed by atoms with E-state index in [1.807, 2.05) is 0 Å². The lowest BCUT2D eigenvalue weighted by Crippen LogP contribution is -2.64. The van der Waals surface area contributed by atoms with Gasteiger partial charge in [-0.2, -0.15) is 0 Å². The Morgan fingerprint density at radius 3 is 2.79 bits per heavy atom. The van der Waals surface area contributed by atoms with Gasteiger partial charge in [0.1, 0.15) is 0 Å². The Hall–Kier alpha value is -0.850. The van der Waals surface area contributed by atoms with E-state index in [2.05, 4.69) is 22.1 Å². The molecule has 2 saturated carbocycles. The number of ether oxygens (including phenoxy) is 2. The van der Waals surface area contributed by atoms with Crippen LogP contribution >= 0.6 is 0 Å². The molecule has 0 bridgehead atoms. The quantitative estimate of drug-likeness (QED) is 0.416. The molecule has 6 nitrogen and oxygen atoms in total. The van der Waals surface area contributed by atoms with Crippen LogP contribution in [0.1, 0.15) is 45.4 Å². The molecule has 3 rings (SSSR count). The molecule has 0 unspecified atom stereocenters. The van der Waals surface area contributed by atoms with Gasteiger partial charge in [-0.3, -0.25) is 9.89 Å². The summed E-state index contributed by atoms with van der Waals surface area (Å²) in [5.74, 6) is 0.614. The Morgan fingerprint density at radius 2 is 2.08 bits per heavy atom. The van der Waals surface area contributed by atoms with E-state index in [0.717, 1.165) is 58.8 Å². The van der Waals surface area contributed by atoms with Gasteiger partial charge in [-0.15, -0.1) is 0 Å². The van der Waals surface area contributed by atoms with Crippen LogP contribution in [0.3, 0.4) is 0 Å². The van der Waals surface area contributed by atoms with Gasteiger partial charge in [0.05, 0.1) is 19.3 Å². The fraction of sp³-hybridized carbons (Fsp3) is 0.944. The molecule has 3 fully saturated rings. The fourth-order valence-electron chi connectivity index (χ4n) is 4.63. The van der Waals surface area contributed by atoms with Crippen LogP contribution in [0.4, 0.5) is 0 Å². The molecule has 1 aliphatic heterocycles. The Labute approximate surface area is 146 Å². The first-order valence-electron chi connectivity index (χ1n) is 9.73. The average Bonchev–Trinajstić information content (AvgIpc) is 3.12. The topological polar surface area (TPSA) is 72.1 Å². The minimum absolute atomic E-state index is 0.309. The number of rotatable bonds is 7. The molecule has 2 aliphatic carbocycles. The lowest BCUT2D eigenvalue weighted by Gasteiger charge is -2.54. The summed E-state index contributed by atoms with van der Waals surface area (Å²) in [6, 6.07) is 0.444. The zero-order chi connectivity index (χ0) is 16.8. The van der Waals surface area contributed by atoms with Crippen molar-refractivity contribution in [3.05, 3.63) is 0 Å². The second kappa shape index (κ2) is 8.50. The Balaban J connectivity index is 1.40. The maximum Gasteiger partial charge on any atom is 0.188 e. The van der Waals surface area contributed by atoms with Gasteiger partial charge in [0.15, 0.2) is 5.96 Å². The number of hydrogen-bond donors (Lipinski definition) is 2. The number of guanidine groups is 1. The molecule has 0 radical (unpaired) electrons. The molecule has 0 amide bonds. The number of nitrogens with one attached hydrogen (secondary N) is 1. The van der Waals surface area contributed by atoms with E-state index in [0.29, 0.717) is 23.5 Å². The van der Waals surface area contributed by atoms with Gasteiger partial charge in [0, 0.05) is 44.2 Å². The lowest BCUT2D eigenvalue weighted by molar-refractivity contribution is -0.125. The largest absolute Gasteiger partial charge is 0.379 e. The molecule has 2 atom stereocenters. The first-order chi connectivity index (χ1) is 11.7. The van der Waals surface area contributed by atoms with Gasteiger partial charge in [-0.1, -0.05) is 12.8 Å². The van der Waals surface area contributed by atoms with Crippen LogP contribution in [-0.2, 0) is 9.47 Å². The predicted molar refractivity (Wildman–Crippen MR) is 96.2 cm³/mol. The van der Waals surface area contributed by atoms with Crippen molar-refractivity contribution in [3.8, 4) is 0 Å². The molecule has 1 heterocycles. The number of nitrogens with two attached hydrogens (primary N) is 1. The van der Waals surface area contributed by atoms with Crippen LogP contribution < -0.4 is 11.1 Å². The number of aliphatic imine (C=N–C) groups is 1. The summed E-state index contributed by atoms with van der Waals surface area (Å²) in [6.45, 7) is 8.58. The van der Waals surface area contributed by atoms with Gasteiger partial charge in [0.25, 0.3) is 0 Å². The molecule has 24 heavy (non-hydrogen) atoms. The van der Waals surface area contributed by atoms with E-state index in [1.165, 1.54) is 25.7 Å². The Kier molecular flexibility index (Phi) is 6.36. The second-order valence-corrected chi connectivity index (χ2v) is 7.39. The van der Waals surface area contributed by atoms with E-state index < -0.39 is 0 Å². The third kappa shape index (κ3) is 4.03. The van der Waals surface area contributed by atoms with Crippen molar-refractivity contribution in [2.75, 3.05) is 46.0 Å². The van der Waals surface area contributed by atoms with E-state index >= 15 is 0 Å². The molecule has 0 aromatic rings. The summed E-state index contributed by atoms with van der Waals surface area (Å²) in [7, 11) is 0. The minimum Gasteiger partial charge on any atom is -0.379 e. The summed E-state index contributed by atoms with van der Waals surface area (Å²) in [6.07, 6.45) is 7.70. The molecule has 0 aromatic heterocycles.